The summed E-state index contributed by atoms with van der Waals surface area (Å²) in [6.45, 7) is 4.38. The SMILES string of the molecule is CC1(C)CCSc2ccc(OC(=O)c3cccc(C(=O)O)c3)cc21. The van der Waals surface area contributed by atoms with E-state index in [1.807, 2.05) is 23.9 Å². The number of hydrogen-bond acceptors (Lipinski definition) is 4. The van der Waals surface area contributed by atoms with Crippen LogP contribution in [0.15, 0.2) is 47.4 Å². The fourth-order valence-electron chi connectivity index (χ4n) is 2.72. The van der Waals surface area contributed by atoms with Crippen LogP contribution in [0.1, 0.15) is 46.5 Å². The Bertz CT molecular complexity index is 811. The van der Waals surface area contributed by atoms with E-state index in [0.717, 1.165) is 12.2 Å². The van der Waals surface area contributed by atoms with Crippen LogP contribution >= 0.6 is 11.8 Å². The summed E-state index contributed by atoms with van der Waals surface area (Å²) in [6, 6.07) is 11.5. The highest BCUT2D eigenvalue weighted by atomic mass is 32.2. The van der Waals surface area contributed by atoms with E-state index in [2.05, 4.69) is 13.8 Å². The van der Waals surface area contributed by atoms with Crippen molar-refractivity contribution in [3.05, 3.63) is 59.2 Å². The van der Waals surface area contributed by atoms with Gasteiger partial charge in [-0.2, -0.15) is 0 Å². The van der Waals surface area contributed by atoms with Gasteiger partial charge in [0, 0.05) is 4.90 Å². The van der Waals surface area contributed by atoms with Crippen LogP contribution in [0, 0.1) is 0 Å². The van der Waals surface area contributed by atoms with Crippen molar-refractivity contribution in [1.82, 2.24) is 0 Å². The maximum atomic E-state index is 12.3. The number of esters is 1. The summed E-state index contributed by atoms with van der Waals surface area (Å²) in [4.78, 5) is 24.5. The van der Waals surface area contributed by atoms with E-state index in [1.54, 1.807) is 12.1 Å². The van der Waals surface area contributed by atoms with Gasteiger partial charge in [0.2, 0.25) is 0 Å². The monoisotopic (exact) mass is 342 g/mol. The molecule has 0 aromatic heterocycles. The molecule has 124 valence electrons. The molecule has 0 spiro atoms. The molecule has 0 bridgehead atoms. The van der Waals surface area contributed by atoms with E-state index in [9.17, 15) is 9.59 Å². The zero-order chi connectivity index (χ0) is 17.3. The molecule has 1 heterocycles. The van der Waals surface area contributed by atoms with Crippen molar-refractivity contribution in [1.29, 1.82) is 0 Å². The lowest BCUT2D eigenvalue weighted by atomic mass is 9.82. The molecule has 0 saturated carbocycles. The van der Waals surface area contributed by atoms with Crippen LogP contribution in [0.5, 0.6) is 5.75 Å². The Labute approximate surface area is 144 Å². The minimum atomic E-state index is -1.07. The molecule has 1 N–H and O–H groups in total. The number of carbonyl (C=O) groups excluding carboxylic acids is 1. The van der Waals surface area contributed by atoms with Gasteiger partial charge in [-0.15, -0.1) is 11.8 Å². The van der Waals surface area contributed by atoms with E-state index in [4.69, 9.17) is 9.84 Å². The topological polar surface area (TPSA) is 63.6 Å². The first-order chi connectivity index (χ1) is 11.4. The Morgan fingerprint density at radius 2 is 1.88 bits per heavy atom. The fraction of sp³-hybridized carbons (Fsp3) is 0.263. The molecule has 24 heavy (non-hydrogen) atoms. The average molecular weight is 342 g/mol. The number of ether oxygens (including phenoxy) is 1. The second-order valence-corrected chi connectivity index (χ2v) is 7.55. The van der Waals surface area contributed by atoms with Crippen molar-refractivity contribution in [2.24, 2.45) is 0 Å². The predicted molar refractivity (Wildman–Crippen MR) is 93.2 cm³/mol. The Morgan fingerprint density at radius 3 is 2.62 bits per heavy atom. The standard InChI is InChI=1S/C19H18O4S/c1-19(2)8-9-24-16-7-6-14(11-15(16)19)23-18(22)13-5-3-4-12(10-13)17(20)21/h3-7,10-11H,8-9H2,1-2H3,(H,20,21). The second-order valence-electron chi connectivity index (χ2n) is 6.42. The van der Waals surface area contributed by atoms with Crippen LogP contribution in [0.2, 0.25) is 0 Å². The van der Waals surface area contributed by atoms with Gasteiger partial charge < -0.3 is 9.84 Å². The van der Waals surface area contributed by atoms with Crippen LogP contribution < -0.4 is 4.74 Å². The molecule has 0 aliphatic carbocycles. The molecule has 2 aromatic rings. The van der Waals surface area contributed by atoms with E-state index in [1.165, 1.54) is 28.7 Å². The zero-order valence-electron chi connectivity index (χ0n) is 13.5. The third-order valence-electron chi connectivity index (χ3n) is 4.22. The lowest BCUT2D eigenvalue weighted by molar-refractivity contribution is 0.0697. The third kappa shape index (κ3) is 3.31. The van der Waals surface area contributed by atoms with Gasteiger partial charge in [0.25, 0.3) is 0 Å². The molecular formula is C19H18O4S. The zero-order valence-corrected chi connectivity index (χ0v) is 14.4. The highest BCUT2D eigenvalue weighted by Gasteiger charge is 2.28. The van der Waals surface area contributed by atoms with Crippen molar-refractivity contribution in [3.63, 3.8) is 0 Å². The molecule has 3 rings (SSSR count). The highest BCUT2D eigenvalue weighted by Crippen LogP contribution is 2.42. The number of carboxylic acid groups (broad SMARTS) is 1. The lowest BCUT2D eigenvalue weighted by Crippen LogP contribution is -2.22. The van der Waals surface area contributed by atoms with Crippen molar-refractivity contribution in [3.8, 4) is 5.75 Å². The summed E-state index contributed by atoms with van der Waals surface area (Å²) in [5.41, 5.74) is 1.52. The summed E-state index contributed by atoms with van der Waals surface area (Å²) in [7, 11) is 0. The van der Waals surface area contributed by atoms with Gasteiger partial charge in [0.1, 0.15) is 5.75 Å². The highest BCUT2D eigenvalue weighted by molar-refractivity contribution is 7.99. The molecule has 0 saturated heterocycles. The van der Waals surface area contributed by atoms with E-state index in [-0.39, 0.29) is 16.5 Å². The first-order valence-corrected chi connectivity index (χ1v) is 8.68. The first kappa shape index (κ1) is 16.6. The average Bonchev–Trinajstić information content (AvgIpc) is 2.55. The Hall–Kier alpha value is -2.27. The normalized spacial score (nSPS) is 15.4. The quantitative estimate of drug-likeness (QED) is 0.662. The van der Waals surface area contributed by atoms with Crippen molar-refractivity contribution in [2.45, 2.75) is 30.6 Å². The number of aromatic carboxylic acids is 1. The van der Waals surface area contributed by atoms with Crippen LogP contribution in [-0.2, 0) is 5.41 Å². The number of hydrogen-bond donors (Lipinski definition) is 1. The largest absolute Gasteiger partial charge is 0.478 e. The maximum absolute atomic E-state index is 12.3. The minimum absolute atomic E-state index is 0.0478. The molecule has 1 aliphatic heterocycles. The van der Waals surface area contributed by atoms with Crippen LogP contribution in [0.25, 0.3) is 0 Å². The van der Waals surface area contributed by atoms with Crippen molar-refractivity contribution >= 4 is 23.7 Å². The van der Waals surface area contributed by atoms with Gasteiger partial charge in [-0.1, -0.05) is 19.9 Å². The van der Waals surface area contributed by atoms with Crippen molar-refractivity contribution < 1.29 is 19.4 Å². The predicted octanol–water partition coefficient (Wildman–Crippen LogP) is 4.38. The number of carbonyl (C=O) groups is 2. The van der Waals surface area contributed by atoms with Gasteiger partial charge in [0.15, 0.2) is 0 Å². The van der Waals surface area contributed by atoms with Gasteiger partial charge in [-0.3, -0.25) is 0 Å². The van der Waals surface area contributed by atoms with E-state index < -0.39 is 11.9 Å². The van der Waals surface area contributed by atoms with Gasteiger partial charge >= 0.3 is 11.9 Å². The number of carboxylic acids is 1. The number of rotatable bonds is 3. The lowest BCUT2D eigenvalue weighted by Gasteiger charge is -2.32. The Morgan fingerprint density at radius 1 is 1.12 bits per heavy atom. The van der Waals surface area contributed by atoms with E-state index >= 15 is 0 Å². The van der Waals surface area contributed by atoms with Crippen LogP contribution in [-0.4, -0.2) is 22.8 Å². The summed E-state index contributed by atoms with van der Waals surface area (Å²) >= 11 is 1.81. The molecule has 0 atom stereocenters. The molecule has 2 aromatic carbocycles. The Balaban J connectivity index is 1.85. The molecule has 0 unspecified atom stereocenters. The van der Waals surface area contributed by atoms with E-state index in [0.29, 0.717) is 5.75 Å². The number of fused-ring (bicyclic) bond motifs is 1. The van der Waals surface area contributed by atoms with Crippen LogP contribution in [0.4, 0.5) is 0 Å². The molecule has 5 heteroatoms. The second kappa shape index (κ2) is 6.32. The molecule has 1 aliphatic rings. The van der Waals surface area contributed by atoms with Gasteiger partial charge in [0.05, 0.1) is 11.1 Å². The molecule has 4 nitrogen and oxygen atoms in total. The fourth-order valence-corrected chi connectivity index (χ4v) is 4.21. The summed E-state index contributed by atoms with van der Waals surface area (Å²) in [5.74, 6) is -0.0622. The maximum Gasteiger partial charge on any atom is 0.343 e. The number of benzene rings is 2. The number of thioether (sulfide) groups is 1. The summed E-state index contributed by atoms with van der Waals surface area (Å²) in [6.07, 6.45) is 1.07. The third-order valence-corrected chi connectivity index (χ3v) is 5.30. The molecule has 0 radical (unpaired) electrons. The molecular weight excluding hydrogens is 324 g/mol. The first-order valence-electron chi connectivity index (χ1n) is 7.70. The summed E-state index contributed by atoms with van der Waals surface area (Å²) in [5, 5.41) is 9.02. The minimum Gasteiger partial charge on any atom is -0.478 e. The van der Waals surface area contributed by atoms with Gasteiger partial charge in [-0.05, 0) is 59.6 Å². The van der Waals surface area contributed by atoms with Crippen LogP contribution in [0.3, 0.4) is 0 Å². The molecule has 0 fully saturated rings. The van der Waals surface area contributed by atoms with Gasteiger partial charge in [-0.25, -0.2) is 9.59 Å². The Kier molecular flexibility index (Phi) is 4.37. The summed E-state index contributed by atoms with van der Waals surface area (Å²) < 4.78 is 5.45. The molecule has 0 amide bonds. The van der Waals surface area contributed by atoms with Crippen molar-refractivity contribution in [2.75, 3.05) is 5.75 Å². The smallest absolute Gasteiger partial charge is 0.343 e.